The first-order chi connectivity index (χ1) is 16.7. The maximum absolute atomic E-state index is 13.1. The minimum Gasteiger partial charge on any atom is -0.455 e. The number of benzene rings is 2. The van der Waals surface area contributed by atoms with E-state index in [1.54, 1.807) is 31.2 Å². The summed E-state index contributed by atoms with van der Waals surface area (Å²) in [7, 11) is -4.01. The van der Waals surface area contributed by atoms with E-state index in [1.165, 1.54) is 0 Å². The van der Waals surface area contributed by atoms with Crippen molar-refractivity contribution in [1.29, 1.82) is 0 Å². The van der Waals surface area contributed by atoms with Gasteiger partial charge in [0.25, 0.3) is 15.9 Å². The number of hydrogen-bond donors (Lipinski definition) is 3. The van der Waals surface area contributed by atoms with Gasteiger partial charge in [-0.15, -0.1) is 0 Å². The van der Waals surface area contributed by atoms with Crippen molar-refractivity contribution in [2.24, 2.45) is 5.10 Å². The molecule has 0 aliphatic heterocycles. The number of nitrogens with one attached hydrogen (secondary N) is 3. The average Bonchev–Trinajstić information content (AvgIpc) is 3.19. The van der Waals surface area contributed by atoms with E-state index >= 15 is 0 Å². The van der Waals surface area contributed by atoms with Crippen LogP contribution in [-0.4, -0.2) is 25.9 Å². The van der Waals surface area contributed by atoms with Crippen LogP contribution in [-0.2, 0) is 16.4 Å². The fourth-order valence-electron chi connectivity index (χ4n) is 3.62. The van der Waals surface area contributed by atoms with Gasteiger partial charge >= 0.3 is 5.91 Å². The first-order valence-corrected chi connectivity index (χ1v) is 12.8. The van der Waals surface area contributed by atoms with Crippen LogP contribution in [0.4, 0.5) is 4.39 Å². The molecule has 0 atom stereocenters. The largest absolute Gasteiger partial charge is 0.455 e. The second-order valence-electron chi connectivity index (χ2n) is 7.73. The molecule has 0 saturated carbocycles. The van der Waals surface area contributed by atoms with E-state index in [4.69, 9.17) is 4.42 Å². The maximum atomic E-state index is 13.1. The summed E-state index contributed by atoms with van der Waals surface area (Å²) < 4.78 is 44.7. The van der Waals surface area contributed by atoms with E-state index in [0.717, 1.165) is 28.7 Å². The predicted molar refractivity (Wildman–Crippen MR) is 129 cm³/mol. The third-order valence-corrected chi connectivity index (χ3v) is 7.11. The molecule has 4 rings (SSSR count). The molecule has 3 N–H and O–H groups in total. The number of furan rings is 1. The standard InChI is InChI=1S/C23H20BrFN4O5S/c1-13-20-18(26-29-35(32,33)17-11-9-16(25)10-12-17)3-2-4-19(20)34-21(13)23(31)28-27-22(30)14-5-7-15(24)8-6-14/h5-12,29H,2-4H2,1H3,(H,27,30)(H,28,31)/b26-18+. The molecule has 3 aromatic rings. The van der Waals surface area contributed by atoms with Gasteiger partial charge in [0.15, 0.2) is 5.76 Å². The van der Waals surface area contributed by atoms with E-state index in [9.17, 15) is 22.4 Å². The van der Waals surface area contributed by atoms with Crippen molar-refractivity contribution in [2.75, 3.05) is 0 Å². The van der Waals surface area contributed by atoms with Crippen molar-refractivity contribution in [2.45, 2.75) is 31.1 Å². The van der Waals surface area contributed by atoms with E-state index in [0.29, 0.717) is 47.4 Å². The van der Waals surface area contributed by atoms with Crippen LogP contribution in [0.2, 0.25) is 0 Å². The molecule has 1 heterocycles. The van der Waals surface area contributed by atoms with Crippen molar-refractivity contribution in [3.63, 3.8) is 0 Å². The highest BCUT2D eigenvalue weighted by Gasteiger charge is 2.28. The zero-order valence-electron chi connectivity index (χ0n) is 18.4. The molecule has 0 bridgehead atoms. The van der Waals surface area contributed by atoms with Gasteiger partial charge < -0.3 is 4.42 Å². The molecule has 0 saturated heterocycles. The minimum atomic E-state index is -4.01. The van der Waals surface area contributed by atoms with E-state index in [1.807, 2.05) is 0 Å². The zero-order chi connectivity index (χ0) is 25.2. The highest BCUT2D eigenvalue weighted by atomic mass is 79.9. The Morgan fingerprint density at radius 3 is 2.34 bits per heavy atom. The summed E-state index contributed by atoms with van der Waals surface area (Å²) in [5.41, 5.74) is 6.45. The molecule has 1 aromatic heterocycles. The fraction of sp³-hybridized carbons (Fsp3) is 0.174. The molecular weight excluding hydrogens is 543 g/mol. The smallest absolute Gasteiger partial charge is 0.305 e. The number of nitrogens with zero attached hydrogens (tertiary/aromatic N) is 1. The lowest BCUT2D eigenvalue weighted by molar-refractivity contribution is 0.0829. The Morgan fingerprint density at radius 2 is 1.66 bits per heavy atom. The maximum Gasteiger partial charge on any atom is 0.305 e. The lowest BCUT2D eigenvalue weighted by Gasteiger charge is -2.14. The SMILES string of the molecule is Cc1c(C(=O)NNC(=O)c2ccc(Br)cc2)oc2c1/C(=N/NS(=O)(=O)c1ccc(F)cc1)CCC2. The monoisotopic (exact) mass is 562 g/mol. The Balaban J connectivity index is 1.50. The molecular formula is C23H20BrFN4O5S. The molecule has 2 amide bonds. The molecule has 0 unspecified atom stereocenters. The Bertz CT molecular complexity index is 1420. The van der Waals surface area contributed by atoms with Crippen molar-refractivity contribution < 1.29 is 26.8 Å². The van der Waals surface area contributed by atoms with Crippen LogP contribution in [0.15, 0.2) is 67.4 Å². The molecule has 12 heteroatoms. The van der Waals surface area contributed by atoms with Gasteiger partial charge in [-0.2, -0.15) is 18.4 Å². The number of carbonyl (C=O) groups excluding carboxylic acids is 2. The summed E-state index contributed by atoms with van der Waals surface area (Å²) in [5.74, 6) is -1.23. The summed E-state index contributed by atoms with van der Waals surface area (Å²) in [4.78, 5) is 27.0. The number of hydrazine groups is 1. The number of amides is 2. The van der Waals surface area contributed by atoms with Crippen LogP contribution in [0.3, 0.4) is 0 Å². The molecule has 182 valence electrons. The number of fused-ring (bicyclic) bond motifs is 1. The zero-order valence-corrected chi connectivity index (χ0v) is 20.8. The lowest BCUT2D eigenvalue weighted by atomic mass is 9.93. The number of halogens is 2. The average molecular weight is 563 g/mol. The number of carbonyl (C=O) groups is 2. The molecule has 1 aliphatic carbocycles. The van der Waals surface area contributed by atoms with Crippen molar-refractivity contribution in [3.8, 4) is 0 Å². The van der Waals surface area contributed by atoms with Crippen LogP contribution >= 0.6 is 15.9 Å². The van der Waals surface area contributed by atoms with Crippen LogP contribution in [0.5, 0.6) is 0 Å². The molecule has 2 aromatic carbocycles. The second-order valence-corrected chi connectivity index (χ2v) is 10.3. The number of sulfonamides is 1. The Labute approximate surface area is 208 Å². The normalized spacial score (nSPS) is 14.3. The van der Waals surface area contributed by atoms with E-state index in [-0.39, 0.29) is 10.7 Å². The fourth-order valence-corrected chi connectivity index (χ4v) is 4.72. The number of rotatable bonds is 5. The summed E-state index contributed by atoms with van der Waals surface area (Å²) in [6.07, 6.45) is 1.64. The predicted octanol–water partition coefficient (Wildman–Crippen LogP) is 3.58. The van der Waals surface area contributed by atoms with Gasteiger partial charge in [0, 0.05) is 27.6 Å². The first kappa shape index (κ1) is 24.6. The van der Waals surface area contributed by atoms with Gasteiger partial charge in [0.05, 0.1) is 10.6 Å². The van der Waals surface area contributed by atoms with Crippen LogP contribution in [0, 0.1) is 12.7 Å². The first-order valence-electron chi connectivity index (χ1n) is 10.5. The molecule has 0 fully saturated rings. The van der Waals surface area contributed by atoms with Gasteiger partial charge in [-0.3, -0.25) is 20.4 Å². The topological polar surface area (TPSA) is 130 Å². The summed E-state index contributed by atoms with van der Waals surface area (Å²) in [5, 5.41) is 4.07. The molecule has 0 radical (unpaired) electrons. The third kappa shape index (κ3) is 5.43. The minimum absolute atomic E-state index is 0.0119. The Morgan fingerprint density at radius 1 is 1.00 bits per heavy atom. The Kier molecular flexibility index (Phi) is 7.03. The quantitative estimate of drug-likeness (QED) is 0.409. The lowest BCUT2D eigenvalue weighted by Crippen LogP contribution is -2.41. The summed E-state index contributed by atoms with van der Waals surface area (Å²) >= 11 is 3.29. The van der Waals surface area contributed by atoms with Gasteiger partial charge in [-0.1, -0.05) is 15.9 Å². The van der Waals surface area contributed by atoms with E-state index in [2.05, 4.69) is 36.7 Å². The summed E-state index contributed by atoms with van der Waals surface area (Å²) in [6.45, 7) is 1.66. The molecule has 1 aliphatic rings. The van der Waals surface area contributed by atoms with Crippen LogP contribution in [0.1, 0.15) is 50.6 Å². The van der Waals surface area contributed by atoms with Gasteiger partial charge in [0.1, 0.15) is 11.6 Å². The van der Waals surface area contributed by atoms with Gasteiger partial charge in [-0.25, -0.2) is 4.39 Å². The van der Waals surface area contributed by atoms with Gasteiger partial charge in [0.2, 0.25) is 0 Å². The number of hydrogen-bond acceptors (Lipinski definition) is 6. The van der Waals surface area contributed by atoms with Gasteiger partial charge in [-0.05, 0) is 68.3 Å². The van der Waals surface area contributed by atoms with Crippen molar-refractivity contribution in [1.82, 2.24) is 15.7 Å². The van der Waals surface area contributed by atoms with Crippen molar-refractivity contribution >= 4 is 43.5 Å². The van der Waals surface area contributed by atoms with E-state index < -0.39 is 27.7 Å². The molecule has 9 nitrogen and oxygen atoms in total. The highest BCUT2D eigenvalue weighted by Crippen LogP contribution is 2.30. The molecule has 35 heavy (non-hydrogen) atoms. The number of aryl methyl sites for hydroxylation is 1. The molecule has 0 spiro atoms. The third-order valence-electron chi connectivity index (χ3n) is 5.35. The second kappa shape index (κ2) is 10.0. The van der Waals surface area contributed by atoms with Crippen LogP contribution in [0.25, 0.3) is 0 Å². The summed E-state index contributed by atoms with van der Waals surface area (Å²) in [6, 6.07) is 11.0. The van der Waals surface area contributed by atoms with Crippen molar-refractivity contribution in [3.05, 3.63) is 87.0 Å². The highest BCUT2D eigenvalue weighted by molar-refractivity contribution is 9.10. The van der Waals surface area contributed by atoms with Crippen LogP contribution < -0.4 is 15.7 Å². The number of hydrazone groups is 1. The Hall–Kier alpha value is -3.51.